The largest absolute Gasteiger partial charge is 0.444 e. The number of nitrogens with zero attached hydrogens (tertiary/aromatic N) is 1. The summed E-state index contributed by atoms with van der Waals surface area (Å²) in [7, 11) is 0. The van der Waals surface area contributed by atoms with Crippen molar-refractivity contribution in [3.63, 3.8) is 0 Å². The van der Waals surface area contributed by atoms with Crippen LogP contribution < -0.4 is 5.90 Å². The number of carbonyl (C=O) groups is 1. The van der Waals surface area contributed by atoms with E-state index in [1.807, 2.05) is 34.6 Å². The van der Waals surface area contributed by atoms with Crippen molar-refractivity contribution in [2.24, 2.45) is 11.3 Å². The molecule has 20 heavy (non-hydrogen) atoms. The minimum atomic E-state index is -0.590. The Hall–Kier alpha value is -0.810. The van der Waals surface area contributed by atoms with Gasteiger partial charge < -0.3 is 9.64 Å². The second-order valence-corrected chi connectivity index (χ2v) is 8.05. The van der Waals surface area contributed by atoms with Crippen molar-refractivity contribution in [3.8, 4) is 0 Å². The normalized spacial score (nSPS) is 23.6. The van der Waals surface area contributed by atoms with Gasteiger partial charge >= 0.3 is 6.09 Å². The van der Waals surface area contributed by atoms with Gasteiger partial charge in [-0.25, -0.2) is 10.7 Å². The third-order valence-corrected chi connectivity index (χ3v) is 3.80. The quantitative estimate of drug-likeness (QED) is 0.792. The Morgan fingerprint density at radius 3 is 2.25 bits per heavy atom. The first-order valence-electron chi connectivity index (χ1n) is 7.25. The molecule has 1 rings (SSSR count). The molecule has 118 valence electrons. The van der Waals surface area contributed by atoms with Gasteiger partial charge in [0.2, 0.25) is 0 Å². The summed E-state index contributed by atoms with van der Waals surface area (Å²) in [5.74, 6) is 5.42. The fourth-order valence-corrected chi connectivity index (χ4v) is 2.65. The summed E-state index contributed by atoms with van der Waals surface area (Å²) in [5, 5.41) is 0. The van der Waals surface area contributed by atoms with E-state index in [0.717, 1.165) is 12.8 Å². The number of rotatable bonds is 2. The Kier molecular flexibility index (Phi) is 4.76. The fourth-order valence-electron chi connectivity index (χ4n) is 2.65. The number of likely N-dealkylation sites (tertiary alicyclic amines) is 1. The van der Waals surface area contributed by atoms with Crippen LogP contribution in [0.4, 0.5) is 4.79 Å². The first kappa shape index (κ1) is 17.2. The summed E-state index contributed by atoms with van der Waals surface area (Å²) < 4.78 is 5.53. The first-order chi connectivity index (χ1) is 8.88. The molecule has 1 saturated heterocycles. The molecular formula is C15H30N2O3. The van der Waals surface area contributed by atoms with Gasteiger partial charge in [0, 0.05) is 6.54 Å². The van der Waals surface area contributed by atoms with Gasteiger partial charge in [0.05, 0.1) is 6.04 Å². The molecule has 0 spiro atoms. The highest BCUT2D eigenvalue weighted by Crippen LogP contribution is 2.37. The average Bonchev–Trinajstić information content (AvgIpc) is 2.25. The van der Waals surface area contributed by atoms with Gasteiger partial charge in [-0.3, -0.25) is 4.84 Å². The highest BCUT2D eigenvalue weighted by molar-refractivity contribution is 5.69. The van der Waals surface area contributed by atoms with Gasteiger partial charge in [0.1, 0.15) is 11.2 Å². The van der Waals surface area contributed by atoms with Gasteiger partial charge in [-0.05, 0) is 52.9 Å². The van der Waals surface area contributed by atoms with Crippen molar-refractivity contribution < 1.29 is 14.4 Å². The molecule has 1 aliphatic heterocycles. The van der Waals surface area contributed by atoms with Crippen LogP contribution in [0.1, 0.15) is 61.3 Å². The minimum absolute atomic E-state index is 0.0737. The van der Waals surface area contributed by atoms with Crippen LogP contribution in [0.3, 0.4) is 0 Å². The molecular weight excluding hydrogens is 256 g/mol. The third-order valence-electron chi connectivity index (χ3n) is 3.80. The van der Waals surface area contributed by atoms with Gasteiger partial charge in [-0.2, -0.15) is 0 Å². The SMILES string of the molecule is CC1(C)CCC(C(C)(C)ON)N(C(=O)OC(C)(C)C)C1. The summed E-state index contributed by atoms with van der Waals surface area (Å²) in [6.45, 7) is 14.4. The molecule has 5 nitrogen and oxygen atoms in total. The second kappa shape index (κ2) is 5.53. The molecule has 0 saturated carbocycles. The summed E-state index contributed by atoms with van der Waals surface area (Å²) in [4.78, 5) is 19.4. The Morgan fingerprint density at radius 1 is 1.25 bits per heavy atom. The Labute approximate surface area is 122 Å². The van der Waals surface area contributed by atoms with Gasteiger partial charge in [-0.15, -0.1) is 0 Å². The highest BCUT2D eigenvalue weighted by atomic mass is 16.6. The lowest BCUT2D eigenvalue weighted by Gasteiger charge is -2.48. The molecule has 1 unspecified atom stereocenters. The average molecular weight is 286 g/mol. The van der Waals surface area contributed by atoms with Gasteiger partial charge in [0.15, 0.2) is 0 Å². The van der Waals surface area contributed by atoms with Gasteiger partial charge in [0.25, 0.3) is 0 Å². The van der Waals surface area contributed by atoms with Crippen LogP contribution in [0, 0.1) is 5.41 Å². The maximum atomic E-state index is 12.5. The molecule has 2 N–H and O–H groups in total. The van der Waals surface area contributed by atoms with E-state index in [2.05, 4.69) is 13.8 Å². The van der Waals surface area contributed by atoms with E-state index in [1.165, 1.54) is 0 Å². The van der Waals surface area contributed by atoms with Crippen molar-refractivity contribution in [1.82, 2.24) is 4.90 Å². The summed E-state index contributed by atoms with van der Waals surface area (Å²) >= 11 is 0. The summed E-state index contributed by atoms with van der Waals surface area (Å²) in [5.41, 5.74) is -1.01. The molecule has 5 heteroatoms. The molecule has 0 radical (unpaired) electrons. The maximum absolute atomic E-state index is 12.5. The number of piperidine rings is 1. The summed E-state index contributed by atoms with van der Waals surface area (Å²) in [6, 6.07) is -0.0737. The molecule has 0 aromatic heterocycles. The predicted molar refractivity (Wildman–Crippen MR) is 79.1 cm³/mol. The van der Waals surface area contributed by atoms with Crippen molar-refractivity contribution in [1.29, 1.82) is 0 Å². The van der Waals surface area contributed by atoms with Crippen LogP contribution >= 0.6 is 0 Å². The highest BCUT2D eigenvalue weighted by Gasteiger charge is 2.45. The molecule has 1 fully saturated rings. The number of ether oxygens (including phenoxy) is 1. The van der Waals surface area contributed by atoms with Crippen LogP contribution in [0.2, 0.25) is 0 Å². The number of hydrogen-bond donors (Lipinski definition) is 1. The van der Waals surface area contributed by atoms with E-state index < -0.39 is 11.2 Å². The molecule has 0 aromatic rings. The molecule has 0 aromatic carbocycles. The maximum Gasteiger partial charge on any atom is 0.410 e. The van der Waals surface area contributed by atoms with Crippen LogP contribution in [0.15, 0.2) is 0 Å². The fraction of sp³-hybridized carbons (Fsp3) is 0.933. The molecule has 0 bridgehead atoms. The Morgan fingerprint density at radius 2 is 1.80 bits per heavy atom. The number of nitrogens with two attached hydrogens (primary N) is 1. The number of carbonyl (C=O) groups excluding carboxylic acids is 1. The van der Waals surface area contributed by atoms with Crippen molar-refractivity contribution in [2.75, 3.05) is 6.54 Å². The third kappa shape index (κ3) is 4.35. The molecule has 0 aliphatic carbocycles. The number of amides is 1. The van der Waals surface area contributed by atoms with Crippen LogP contribution in [-0.2, 0) is 9.57 Å². The van der Waals surface area contributed by atoms with E-state index in [9.17, 15) is 4.79 Å². The lowest BCUT2D eigenvalue weighted by atomic mass is 9.77. The lowest BCUT2D eigenvalue weighted by molar-refractivity contribution is -0.106. The smallest absolute Gasteiger partial charge is 0.410 e. The zero-order valence-electron chi connectivity index (χ0n) is 13.9. The first-order valence-corrected chi connectivity index (χ1v) is 7.25. The Balaban J connectivity index is 2.97. The summed E-state index contributed by atoms with van der Waals surface area (Å²) in [6.07, 6.45) is 1.60. The van der Waals surface area contributed by atoms with Crippen molar-refractivity contribution in [3.05, 3.63) is 0 Å². The van der Waals surface area contributed by atoms with Crippen molar-refractivity contribution in [2.45, 2.75) is 78.6 Å². The standard InChI is InChI=1S/C15H30N2O3/c1-13(2,3)19-12(18)17-10-14(4,5)9-8-11(17)15(6,7)20-16/h11H,8-10,16H2,1-7H3. The molecule has 1 heterocycles. The second-order valence-electron chi connectivity index (χ2n) is 8.05. The molecule has 1 atom stereocenters. The lowest BCUT2D eigenvalue weighted by Crippen LogP contribution is -2.59. The topological polar surface area (TPSA) is 64.8 Å². The van der Waals surface area contributed by atoms with E-state index in [4.69, 9.17) is 15.5 Å². The molecule has 1 amide bonds. The van der Waals surface area contributed by atoms with Crippen LogP contribution in [0.5, 0.6) is 0 Å². The van der Waals surface area contributed by atoms with Gasteiger partial charge in [-0.1, -0.05) is 13.8 Å². The van der Waals surface area contributed by atoms with E-state index in [1.54, 1.807) is 4.90 Å². The van der Waals surface area contributed by atoms with E-state index >= 15 is 0 Å². The predicted octanol–water partition coefficient (Wildman–Crippen LogP) is 3.08. The van der Waals surface area contributed by atoms with Crippen LogP contribution in [-0.4, -0.2) is 34.8 Å². The number of hydrogen-bond acceptors (Lipinski definition) is 4. The zero-order chi connectivity index (χ0) is 15.8. The van der Waals surface area contributed by atoms with E-state index in [0.29, 0.717) is 6.54 Å². The zero-order valence-corrected chi connectivity index (χ0v) is 13.9. The minimum Gasteiger partial charge on any atom is -0.444 e. The van der Waals surface area contributed by atoms with Crippen molar-refractivity contribution >= 4 is 6.09 Å². The van der Waals surface area contributed by atoms with Crippen LogP contribution in [0.25, 0.3) is 0 Å². The molecule has 1 aliphatic rings. The monoisotopic (exact) mass is 286 g/mol. The van der Waals surface area contributed by atoms with E-state index in [-0.39, 0.29) is 17.6 Å². The Bertz CT molecular complexity index is 359.